The lowest BCUT2D eigenvalue weighted by molar-refractivity contribution is 0.0744. The molecule has 1 amide bonds. The topological polar surface area (TPSA) is 32.3 Å². The van der Waals surface area contributed by atoms with Gasteiger partial charge >= 0.3 is 0 Å². The van der Waals surface area contributed by atoms with Crippen LogP contribution in [0.4, 0.5) is 8.78 Å². The Morgan fingerprint density at radius 2 is 1.92 bits per heavy atom. The summed E-state index contributed by atoms with van der Waals surface area (Å²) in [4.78, 5) is 12.5. The lowest BCUT2D eigenvalue weighted by atomic mass is 10.0. The highest BCUT2D eigenvalue weighted by Gasteiger charge is 2.30. The van der Waals surface area contributed by atoms with Crippen LogP contribution in [0.1, 0.15) is 17.3 Å². The molecule has 25 heavy (non-hydrogen) atoms. The van der Waals surface area contributed by atoms with Gasteiger partial charge in [-0.3, -0.25) is 15.2 Å². The van der Waals surface area contributed by atoms with Gasteiger partial charge in [0, 0.05) is 15.4 Å². The summed E-state index contributed by atoms with van der Waals surface area (Å²) >= 11 is 4.63. The van der Waals surface area contributed by atoms with Crippen LogP contribution in [-0.2, 0) is 0 Å². The van der Waals surface area contributed by atoms with E-state index >= 15 is 0 Å². The predicted octanol–water partition coefficient (Wildman–Crippen LogP) is 5.26. The van der Waals surface area contributed by atoms with Crippen molar-refractivity contribution in [2.24, 2.45) is 0 Å². The Labute approximate surface area is 157 Å². The Morgan fingerprint density at radius 3 is 2.60 bits per heavy atom. The summed E-state index contributed by atoms with van der Waals surface area (Å²) in [6.45, 7) is 1.76. The number of hydrazine groups is 1. The number of alkyl halides is 2. The minimum absolute atomic E-state index is 0.185. The molecule has 1 aliphatic heterocycles. The van der Waals surface area contributed by atoms with E-state index in [0.29, 0.717) is 5.56 Å². The van der Waals surface area contributed by atoms with E-state index < -0.39 is 12.3 Å². The first-order valence-corrected chi connectivity index (χ1v) is 9.29. The van der Waals surface area contributed by atoms with Gasteiger partial charge in [0.05, 0.1) is 5.37 Å². The third kappa shape index (κ3) is 4.04. The van der Waals surface area contributed by atoms with Crippen molar-refractivity contribution in [2.45, 2.75) is 18.7 Å². The molecule has 1 aliphatic rings. The molecule has 1 heterocycles. The molecule has 0 aromatic heterocycles. The van der Waals surface area contributed by atoms with Crippen LogP contribution in [0.2, 0.25) is 0 Å². The highest BCUT2D eigenvalue weighted by Crippen LogP contribution is 2.32. The summed E-state index contributed by atoms with van der Waals surface area (Å²) in [5.41, 5.74) is 4.66. The average Bonchev–Trinajstić information content (AvgIpc) is 2.96. The van der Waals surface area contributed by atoms with Crippen LogP contribution in [0.3, 0.4) is 0 Å². The van der Waals surface area contributed by atoms with Crippen LogP contribution in [0, 0.1) is 0 Å². The molecular weight excluding hydrogens is 410 g/mol. The Morgan fingerprint density at radius 1 is 1.20 bits per heavy atom. The number of hydrogen-bond acceptors (Lipinski definition) is 3. The summed E-state index contributed by atoms with van der Waals surface area (Å²) in [6.07, 6.45) is -2.63. The average molecular weight is 425 g/mol. The van der Waals surface area contributed by atoms with Crippen LogP contribution in [0.5, 0.6) is 0 Å². The zero-order chi connectivity index (χ0) is 18.0. The van der Waals surface area contributed by atoms with E-state index in [4.69, 9.17) is 0 Å². The molecule has 1 atom stereocenters. The largest absolute Gasteiger partial charge is 0.280 e. The van der Waals surface area contributed by atoms with E-state index in [1.165, 1.54) is 22.2 Å². The molecule has 2 aromatic carbocycles. The number of nitrogens with one attached hydrogen (secondary N) is 1. The highest BCUT2D eigenvalue weighted by molar-refractivity contribution is 9.10. The van der Waals surface area contributed by atoms with Gasteiger partial charge in [-0.25, -0.2) is 8.78 Å². The minimum atomic E-state index is -2.63. The second kappa shape index (κ2) is 7.58. The van der Waals surface area contributed by atoms with Crippen LogP contribution < -0.4 is 5.43 Å². The van der Waals surface area contributed by atoms with Gasteiger partial charge in [-0.05, 0) is 42.3 Å². The Hall–Kier alpha value is -1.86. The fraction of sp³-hybridized carbons (Fsp3) is 0.167. The van der Waals surface area contributed by atoms with Crippen LogP contribution in [-0.4, -0.2) is 22.7 Å². The molecule has 0 saturated heterocycles. The number of thioether (sulfide) groups is 1. The molecule has 3 rings (SSSR count). The molecule has 2 aromatic rings. The molecule has 1 unspecified atom stereocenters. The van der Waals surface area contributed by atoms with Crippen molar-refractivity contribution in [2.75, 3.05) is 0 Å². The van der Waals surface area contributed by atoms with Gasteiger partial charge in [-0.15, -0.1) is 11.8 Å². The van der Waals surface area contributed by atoms with Crippen LogP contribution in [0.15, 0.2) is 64.1 Å². The van der Waals surface area contributed by atoms with Gasteiger partial charge in [0.15, 0.2) is 0 Å². The first-order valence-electron chi connectivity index (χ1n) is 7.55. The van der Waals surface area contributed by atoms with Crippen molar-refractivity contribution in [1.82, 2.24) is 10.4 Å². The van der Waals surface area contributed by atoms with Crippen molar-refractivity contribution in [1.29, 1.82) is 0 Å². The number of carbonyl (C=O) groups is 1. The van der Waals surface area contributed by atoms with E-state index in [1.807, 2.05) is 30.3 Å². The fourth-order valence-electron chi connectivity index (χ4n) is 2.46. The number of benzene rings is 2. The number of allylic oxidation sites excluding steroid dienone is 1. The number of halogens is 3. The second-order valence-corrected chi connectivity index (χ2v) is 7.58. The molecule has 0 fully saturated rings. The quantitative estimate of drug-likeness (QED) is 0.725. The lowest BCUT2D eigenvalue weighted by Gasteiger charge is -2.26. The molecule has 0 spiro atoms. The fourth-order valence-corrected chi connectivity index (χ4v) is 3.58. The van der Waals surface area contributed by atoms with Gasteiger partial charge < -0.3 is 0 Å². The van der Waals surface area contributed by atoms with E-state index in [0.717, 1.165) is 15.6 Å². The van der Waals surface area contributed by atoms with Crippen LogP contribution >= 0.6 is 27.7 Å². The maximum absolute atomic E-state index is 13.1. The summed E-state index contributed by atoms with van der Waals surface area (Å²) < 4.78 is 27.1. The van der Waals surface area contributed by atoms with Gasteiger partial charge in [0.25, 0.3) is 12.3 Å². The van der Waals surface area contributed by atoms with Gasteiger partial charge in [-0.2, -0.15) is 0 Å². The lowest BCUT2D eigenvalue weighted by Crippen LogP contribution is -2.44. The number of hydrogen-bond donors (Lipinski definition) is 1. The van der Waals surface area contributed by atoms with Crippen molar-refractivity contribution in [3.8, 4) is 11.1 Å². The maximum atomic E-state index is 13.1. The summed E-state index contributed by atoms with van der Waals surface area (Å²) in [5.74, 6) is -0.417. The number of carbonyl (C=O) groups excluding carboxylic acids is 1. The van der Waals surface area contributed by atoms with E-state index in [-0.39, 0.29) is 11.1 Å². The molecule has 0 radical (unpaired) electrons. The summed E-state index contributed by atoms with van der Waals surface area (Å²) in [5, 5.41) is 2.33. The molecule has 7 heteroatoms. The molecule has 1 N–H and O–H groups in total. The number of nitrogens with zero attached hydrogens (tertiary/aromatic N) is 1. The first-order chi connectivity index (χ1) is 12.0. The van der Waals surface area contributed by atoms with E-state index in [9.17, 15) is 13.6 Å². The highest BCUT2D eigenvalue weighted by atomic mass is 79.9. The zero-order valence-electron chi connectivity index (χ0n) is 13.2. The standard InChI is InChI=1S/C18H15BrF2N2OS/c1-11-23(16(10-25-11)17(20)21)22-18(24)14-4-2-3-13(9-14)12-5-7-15(19)8-6-12/h2-11,17H,1H3,(H,22,24). The zero-order valence-corrected chi connectivity index (χ0v) is 15.7. The summed E-state index contributed by atoms with van der Waals surface area (Å²) in [7, 11) is 0. The first kappa shape index (κ1) is 17.9. The van der Waals surface area contributed by atoms with Crippen molar-refractivity contribution >= 4 is 33.6 Å². The second-order valence-electron chi connectivity index (χ2n) is 5.48. The monoisotopic (exact) mass is 424 g/mol. The van der Waals surface area contributed by atoms with Gasteiger partial charge in [0.2, 0.25) is 0 Å². The van der Waals surface area contributed by atoms with Gasteiger partial charge in [0.1, 0.15) is 5.70 Å². The normalized spacial score (nSPS) is 16.9. The SMILES string of the molecule is CC1SC=C(C(F)F)N1NC(=O)c1cccc(-c2ccc(Br)cc2)c1. The third-order valence-corrected chi connectivity index (χ3v) is 5.29. The Bertz CT molecular complexity index is 811. The summed E-state index contributed by atoms with van der Waals surface area (Å²) in [6, 6.07) is 14.8. The van der Waals surface area contributed by atoms with Crippen molar-refractivity contribution < 1.29 is 13.6 Å². The van der Waals surface area contributed by atoms with Gasteiger partial charge in [-0.1, -0.05) is 40.2 Å². The van der Waals surface area contributed by atoms with Crippen molar-refractivity contribution in [3.05, 3.63) is 69.7 Å². The van der Waals surface area contributed by atoms with Crippen molar-refractivity contribution in [3.63, 3.8) is 0 Å². The molecular formula is C18H15BrF2N2OS. The Kier molecular flexibility index (Phi) is 5.44. The van der Waals surface area contributed by atoms with E-state index in [1.54, 1.807) is 25.1 Å². The third-order valence-electron chi connectivity index (χ3n) is 3.78. The van der Waals surface area contributed by atoms with E-state index in [2.05, 4.69) is 21.4 Å². The maximum Gasteiger partial charge on any atom is 0.280 e. The minimum Gasteiger partial charge on any atom is -0.270 e. The molecule has 0 aliphatic carbocycles. The van der Waals surface area contributed by atoms with Crippen LogP contribution in [0.25, 0.3) is 11.1 Å². The predicted molar refractivity (Wildman–Crippen MR) is 100 cm³/mol. The molecule has 0 saturated carbocycles. The Balaban J connectivity index is 1.80. The number of amides is 1. The molecule has 3 nitrogen and oxygen atoms in total. The molecule has 130 valence electrons. The molecule has 0 bridgehead atoms. The number of rotatable bonds is 4. The smallest absolute Gasteiger partial charge is 0.270 e.